The Hall–Kier alpha value is -1.94. The van der Waals surface area contributed by atoms with Gasteiger partial charge in [-0.15, -0.1) is 0 Å². The molecule has 1 aliphatic carbocycles. The molecule has 0 spiro atoms. The fourth-order valence-electron chi connectivity index (χ4n) is 5.27. The number of carbonyl (C=O) groups excluding carboxylic acids is 1. The van der Waals surface area contributed by atoms with Crippen LogP contribution in [0.4, 0.5) is 0 Å². The van der Waals surface area contributed by atoms with E-state index in [0.29, 0.717) is 17.6 Å². The number of piperidine rings is 1. The van der Waals surface area contributed by atoms with Gasteiger partial charge in [0.25, 0.3) is 0 Å². The van der Waals surface area contributed by atoms with Gasteiger partial charge >= 0.3 is 0 Å². The largest absolute Gasteiger partial charge is 0.300 e. The summed E-state index contributed by atoms with van der Waals surface area (Å²) in [6.07, 6.45) is 12.3. The minimum absolute atomic E-state index is 0.311. The Balaban J connectivity index is 0.00000141. The first-order valence-corrected chi connectivity index (χ1v) is 12.9. The summed E-state index contributed by atoms with van der Waals surface area (Å²) in [6.45, 7) is 12.4. The molecular weight excluding hydrogens is 394 g/mol. The Morgan fingerprint density at radius 1 is 0.969 bits per heavy atom. The van der Waals surface area contributed by atoms with Crippen LogP contribution in [0.25, 0.3) is 0 Å². The molecule has 0 amide bonds. The first-order valence-electron chi connectivity index (χ1n) is 12.9. The van der Waals surface area contributed by atoms with Gasteiger partial charge in [-0.3, -0.25) is 14.4 Å². The molecule has 0 unspecified atom stereocenters. The Bertz CT molecular complexity index is 809. The van der Waals surface area contributed by atoms with E-state index in [-0.39, 0.29) is 0 Å². The van der Waals surface area contributed by atoms with Crippen molar-refractivity contribution in [2.45, 2.75) is 91.6 Å². The van der Waals surface area contributed by atoms with Crippen LogP contribution < -0.4 is 0 Å². The second-order valence-electron chi connectivity index (χ2n) is 9.54. The van der Waals surface area contributed by atoms with Crippen LogP contribution in [0.2, 0.25) is 0 Å². The van der Waals surface area contributed by atoms with Crippen molar-refractivity contribution in [2.24, 2.45) is 11.8 Å². The highest BCUT2D eigenvalue weighted by atomic mass is 16.1. The predicted octanol–water partition coefficient (Wildman–Crippen LogP) is 6.25. The van der Waals surface area contributed by atoms with Gasteiger partial charge < -0.3 is 0 Å². The average molecular weight is 438 g/mol. The molecular formula is C28H43N3O. The fourth-order valence-corrected chi connectivity index (χ4v) is 5.27. The summed E-state index contributed by atoms with van der Waals surface area (Å²) in [6, 6.07) is 9.33. The maximum atomic E-state index is 11.6. The lowest BCUT2D eigenvalue weighted by atomic mass is 9.77. The van der Waals surface area contributed by atoms with Gasteiger partial charge in [0.2, 0.25) is 0 Å². The van der Waals surface area contributed by atoms with Gasteiger partial charge in [-0.25, -0.2) is 0 Å². The van der Waals surface area contributed by atoms with Crippen LogP contribution in [0.5, 0.6) is 0 Å². The van der Waals surface area contributed by atoms with Gasteiger partial charge in [0, 0.05) is 25.2 Å². The van der Waals surface area contributed by atoms with E-state index in [1.807, 2.05) is 20.0 Å². The first-order chi connectivity index (χ1) is 15.6. The standard InChI is InChI=1S/C26H37N3O.C2H6/c1-3-21-16-27-29(18-21)19-23-12-14-28(15-13-23)17-22-4-6-25(7-5-22)26-10-8-24(9-11-26)20(2)30;1-2/h4-7,16,18,23-24,26H,3,8-15,17,19H2,1-2H3;1-2H3. The van der Waals surface area contributed by atoms with Crippen LogP contribution in [0.1, 0.15) is 88.8 Å². The number of ketones is 1. The van der Waals surface area contributed by atoms with Crippen molar-refractivity contribution < 1.29 is 4.79 Å². The SMILES string of the molecule is CC.CCc1cnn(CC2CCN(Cc3ccc(C4CCC(C(C)=O)CC4)cc3)CC2)c1. The highest BCUT2D eigenvalue weighted by Gasteiger charge is 2.25. The monoisotopic (exact) mass is 437 g/mol. The fraction of sp³-hybridized carbons (Fsp3) is 0.643. The molecule has 4 rings (SSSR count). The molecule has 2 heterocycles. The molecule has 1 aromatic carbocycles. The smallest absolute Gasteiger partial charge is 0.132 e. The van der Waals surface area contributed by atoms with Crippen molar-refractivity contribution in [2.75, 3.05) is 13.1 Å². The van der Waals surface area contributed by atoms with Crippen molar-refractivity contribution in [3.8, 4) is 0 Å². The topological polar surface area (TPSA) is 38.1 Å². The summed E-state index contributed by atoms with van der Waals surface area (Å²) >= 11 is 0. The summed E-state index contributed by atoms with van der Waals surface area (Å²) in [5.41, 5.74) is 4.22. The molecule has 4 nitrogen and oxygen atoms in total. The van der Waals surface area contributed by atoms with Crippen molar-refractivity contribution in [3.05, 3.63) is 53.3 Å². The normalized spacial score (nSPS) is 22.2. The lowest BCUT2D eigenvalue weighted by Crippen LogP contribution is -2.34. The molecule has 1 aliphatic heterocycles. The number of aryl methyl sites for hydroxylation is 1. The summed E-state index contributed by atoms with van der Waals surface area (Å²) in [7, 11) is 0. The van der Waals surface area contributed by atoms with Crippen LogP contribution in [-0.4, -0.2) is 33.6 Å². The van der Waals surface area contributed by atoms with Gasteiger partial charge in [0.1, 0.15) is 5.78 Å². The average Bonchev–Trinajstić information content (AvgIpc) is 3.30. The molecule has 1 aromatic heterocycles. The molecule has 1 saturated heterocycles. The second-order valence-corrected chi connectivity index (χ2v) is 9.54. The number of benzene rings is 1. The number of carbonyl (C=O) groups is 1. The number of Topliss-reactive ketones (excluding diaryl/α,β-unsaturated/α-hetero) is 1. The first kappa shape index (κ1) is 24.7. The maximum Gasteiger partial charge on any atom is 0.132 e. The maximum absolute atomic E-state index is 11.6. The van der Waals surface area contributed by atoms with Gasteiger partial charge in [-0.05, 0) is 93.5 Å². The Kier molecular flexibility index (Phi) is 9.52. The zero-order valence-electron chi connectivity index (χ0n) is 20.7. The Morgan fingerprint density at radius 2 is 1.62 bits per heavy atom. The van der Waals surface area contributed by atoms with E-state index in [1.165, 1.54) is 42.6 Å². The molecule has 2 fully saturated rings. The third kappa shape index (κ3) is 6.78. The zero-order valence-corrected chi connectivity index (χ0v) is 20.7. The van der Waals surface area contributed by atoms with Gasteiger partial charge in [0.15, 0.2) is 0 Å². The number of rotatable bonds is 7. The third-order valence-electron chi connectivity index (χ3n) is 7.41. The molecule has 0 atom stereocenters. The summed E-state index contributed by atoms with van der Waals surface area (Å²) in [5.74, 6) is 2.08. The molecule has 176 valence electrons. The van der Waals surface area contributed by atoms with E-state index < -0.39 is 0 Å². The zero-order chi connectivity index (χ0) is 22.9. The summed E-state index contributed by atoms with van der Waals surface area (Å²) in [5, 5.41) is 4.51. The van der Waals surface area contributed by atoms with Crippen molar-refractivity contribution in [1.29, 1.82) is 0 Å². The molecule has 1 saturated carbocycles. The van der Waals surface area contributed by atoms with E-state index in [0.717, 1.165) is 51.1 Å². The third-order valence-corrected chi connectivity index (χ3v) is 7.41. The molecule has 0 bridgehead atoms. The van der Waals surface area contributed by atoms with E-state index in [2.05, 4.69) is 52.1 Å². The minimum atomic E-state index is 0.311. The van der Waals surface area contributed by atoms with Crippen molar-refractivity contribution >= 4 is 5.78 Å². The molecule has 32 heavy (non-hydrogen) atoms. The highest BCUT2D eigenvalue weighted by molar-refractivity contribution is 5.78. The highest BCUT2D eigenvalue weighted by Crippen LogP contribution is 2.36. The quantitative estimate of drug-likeness (QED) is 0.514. The van der Waals surface area contributed by atoms with E-state index in [1.54, 1.807) is 6.92 Å². The Morgan fingerprint density at radius 3 is 2.19 bits per heavy atom. The molecule has 4 heteroatoms. The van der Waals surface area contributed by atoms with E-state index >= 15 is 0 Å². The lowest BCUT2D eigenvalue weighted by molar-refractivity contribution is -0.121. The van der Waals surface area contributed by atoms with Crippen LogP contribution in [0.3, 0.4) is 0 Å². The summed E-state index contributed by atoms with van der Waals surface area (Å²) in [4.78, 5) is 14.2. The lowest BCUT2D eigenvalue weighted by Gasteiger charge is -2.32. The number of aromatic nitrogens is 2. The van der Waals surface area contributed by atoms with Crippen LogP contribution >= 0.6 is 0 Å². The Labute approximate surface area is 195 Å². The predicted molar refractivity (Wildman–Crippen MR) is 133 cm³/mol. The van der Waals surface area contributed by atoms with E-state index in [4.69, 9.17) is 0 Å². The number of likely N-dealkylation sites (tertiary alicyclic amines) is 1. The van der Waals surface area contributed by atoms with E-state index in [9.17, 15) is 4.79 Å². The van der Waals surface area contributed by atoms with Crippen molar-refractivity contribution in [3.63, 3.8) is 0 Å². The molecule has 0 radical (unpaired) electrons. The van der Waals surface area contributed by atoms with Gasteiger partial charge in [0.05, 0.1) is 6.20 Å². The van der Waals surface area contributed by atoms with Gasteiger partial charge in [-0.1, -0.05) is 45.0 Å². The molecule has 2 aromatic rings. The second kappa shape index (κ2) is 12.3. The molecule has 0 N–H and O–H groups in total. The van der Waals surface area contributed by atoms with Crippen LogP contribution in [-0.2, 0) is 24.3 Å². The van der Waals surface area contributed by atoms with Crippen LogP contribution in [0.15, 0.2) is 36.7 Å². The minimum Gasteiger partial charge on any atom is -0.300 e. The van der Waals surface area contributed by atoms with Crippen LogP contribution in [0, 0.1) is 11.8 Å². The van der Waals surface area contributed by atoms with Gasteiger partial charge in [-0.2, -0.15) is 5.10 Å². The number of hydrogen-bond acceptors (Lipinski definition) is 3. The number of nitrogens with zero attached hydrogens (tertiary/aromatic N) is 3. The number of hydrogen-bond donors (Lipinski definition) is 0. The van der Waals surface area contributed by atoms with Crippen molar-refractivity contribution in [1.82, 2.24) is 14.7 Å². The summed E-state index contributed by atoms with van der Waals surface area (Å²) < 4.78 is 2.14. The molecule has 2 aliphatic rings.